The molecule has 0 saturated heterocycles. The molecule has 0 saturated carbocycles. The summed E-state index contributed by atoms with van der Waals surface area (Å²) in [4.78, 5) is 21.1. The molecule has 8 nitrogen and oxygen atoms in total. The van der Waals surface area contributed by atoms with Gasteiger partial charge in [0.25, 0.3) is 0 Å². The van der Waals surface area contributed by atoms with Gasteiger partial charge in [0.05, 0.1) is 59.5 Å². The van der Waals surface area contributed by atoms with E-state index in [0.29, 0.717) is 84.5 Å². The molecule has 1 amide bonds. The van der Waals surface area contributed by atoms with Crippen LogP contribution in [0.15, 0.2) is 0 Å². The summed E-state index contributed by atoms with van der Waals surface area (Å²) in [5, 5.41) is 2.72. The average molecular weight is 367 g/mol. The largest absolute Gasteiger partial charge is 0.377 e. The summed E-state index contributed by atoms with van der Waals surface area (Å²) in [6, 6.07) is 0. The molecule has 24 heavy (non-hydrogen) atoms. The summed E-state index contributed by atoms with van der Waals surface area (Å²) in [7, 11) is 0. The van der Waals surface area contributed by atoms with Crippen LogP contribution in [0, 0.1) is 0 Å². The molecule has 0 fully saturated rings. The molecular formula is C15H29NO7S. The summed E-state index contributed by atoms with van der Waals surface area (Å²) >= 11 is 3.98. The standard InChI is InChI=1S/C15H29NO7S/c17-3-5-20-7-9-22-11-13-23-12-10-21-8-6-19-4-2-16-15(18)1-14-24/h3,24H,1-2,4-14H2,(H,16,18). The number of aldehydes is 1. The molecule has 1 N–H and O–H groups in total. The number of hydrogen-bond acceptors (Lipinski definition) is 8. The second-order valence-electron chi connectivity index (χ2n) is 4.51. The molecule has 142 valence electrons. The number of ether oxygens (including phenoxy) is 5. The van der Waals surface area contributed by atoms with Gasteiger partial charge in [-0.05, 0) is 5.75 Å². The van der Waals surface area contributed by atoms with Gasteiger partial charge < -0.3 is 33.8 Å². The first kappa shape index (κ1) is 23.3. The van der Waals surface area contributed by atoms with Gasteiger partial charge in [-0.25, -0.2) is 0 Å². The fourth-order valence-corrected chi connectivity index (χ4v) is 1.67. The summed E-state index contributed by atoms with van der Waals surface area (Å²) in [6.45, 7) is 4.82. The third-order valence-corrected chi connectivity index (χ3v) is 2.80. The van der Waals surface area contributed by atoms with Crippen molar-refractivity contribution in [3.63, 3.8) is 0 Å². The summed E-state index contributed by atoms with van der Waals surface area (Å²) in [5.41, 5.74) is 0. The number of carbonyl (C=O) groups is 2. The summed E-state index contributed by atoms with van der Waals surface area (Å²) in [6.07, 6.45) is 1.13. The molecule has 0 aromatic carbocycles. The van der Waals surface area contributed by atoms with Crippen LogP contribution in [-0.4, -0.2) is 90.6 Å². The molecule has 0 aliphatic heterocycles. The summed E-state index contributed by atoms with van der Waals surface area (Å²) in [5.74, 6) is 0.532. The van der Waals surface area contributed by atoms with Gasteiger partial charge in [0.15, 0.2) is 0 Å². The Kier molecular flexibility index (Phi) is 19.7. The van der Waals surface area contributed by atoms with E-state index in [9.17, 15) is 9.59 Å². The lowest BCUT2D eigenvalue weighted by molar-refractivity contribution is -0.121. The second kappa shape index (κ2) is 20.3. The van der Waals surface area contributed by atoms with Gasteiger partial charge in [-0.2, -0.15) is 12.6 Å². The minimum atomic E-state index is -0.0144. The van der Waals surface area contributed by atoms with E-state index in [1.165, 1.54) is 0 Å². The van der Waals surface area contributed by atoms with E-state index in [4.69, 9.17) is 23.7 Å². The van der Waals surface area contributed by atoms with Crippen LogP contribution < -0.4 is 5.32 Å². The van der Waals surface area contributed by atoms with Crippen LogP contribution in [0.3, 0.4) is 0 Å². The molecule has 0 rings (SSSR count). The van der Waals surface area contributed by atoms with Crippen molar-refractivity contribution in [2.24, 2.45) is 0 Å². The van der Waals surface area contributed by atoms with Gasteiger partial charge in [-0.15, -0.1) is 0 Å². The number of thiol groups is 1. The van der Waals surface area contributed by atoms with Crippen molar-refractivity contribution in [1.29, 1.82) is 0 Å². The third-order valence-electron chi connectivity index (χ3n) is 2.58. The number of carbonyl (C=O) groups excluding carboxylic acids is 2. The first-order chi connectivity index (χ1) is 11.8. The highest BCUT2D eigenvalue weighted by atomic mass is 32.1. The topological polar surface area (TPSA) is 92.3 Å². The lowest BCUT2D eigenvalue weighted by atomic mass is 10.4. The van der Waals surface area contributed by atoms with Gasteiger partial charge in [0.2, 0.25) is 5.91 Å². The monoisotopic (exact) mass is 367 g/mol. The molecule has 0 atom stereocenters. The maximum absolute atomic E-state index is 11.1. The first-order valence-corrected chi connectivity index (χ1v) is 8.64. The minimum Gasteiger partial charge on any atom is -0.377 e. The highest BCUT2D eigenvalue weighted by molar-refractivity contribution is 7.80. The van der Waals surface area contributed by atoms with E-state index < -0.39 is 0 Å². The Bertz CT molecular complexity index is 295. The van der Waals surface area contributed by atoms with Gasteiger partial charge in [-0.1, -0.05) is 0 Å². The molecular weight excluding hydrogens is 338 g/mol. The zero-order valence-corrected chi connectivity index (χ0v) is 15.0. The molecule has 0 heterocycles. The van der Waals surface area contributed by atoms with Crippen molar-refractivity contribution in [3.8, 4) is 0 Å². The van der Waals surface area contributed by atoms with Crippen molar-refractivity contribution >= 4 is 24.8 Å². The van der Waals surface area contributed by atoms with Crippen LogP contribution in [0.5, 0.6) is 0 Å². The molecule has 0 aliphatic carbocycles. The number of rotatable bonds is 19. The van der Waals surface area contributed by atoms with Crippen molar-refractivity contribution in [2.75, 3.05) is 78.4 Å². The van der Waals surface area contributed by atoms with Crippen LogP contribution in [-0.2, 0) is 33.3 Å². The zero-order chi connectivity index (χ0) is 17.7. The molecule has 9 heteroatoms. The van der Waals surface area contributed by atoms with Crippen LogP contribution in [0.2, 0.25) is 0 Å². The van der Waals surface area contributed by atoms with E-state index in [1.807, 2.05) is 0 Å². The molecule has 0 aromatic heterocycles. The van der Waals surface area contributed by atoms with Crippen LogP contribution in [0.1, 0.15) is 6.42 Å². The number of hydrogen-bond donors (Lipinski definition) is 2. The SMILES string of the molecule is O=CCOCCOCCOCCOCCOCCNC(=O)CCS. The van der Waals surface area contributed by atoms with Crippen molar-refractivity contribution in [2.45, 2.75) is 6.42 Å². The molecule has 0 aromatic rings. The fourth-order valence-electron chi connectivity index (χ4n) is 1.46. The Hall–Kier alpha value is -0.710. The molecule has 0 bridgehead atoms. The van der Waals surface area contributed by atoms with Gasteiger partial charge in [0, 0.05) is 13.0 Å². The lowest BCUT2D eigenvalue weighted by Gasteiger charge is -2.08. The van der Waals surface area contributed by atoms with Crippen molar-refractivity contribution < 1.29 is 33.3 Å². The summed E-state index contributed by atoms with van der Waals surface area (Å²) < 4.78 is 26.1. The van der Waals surface area contributed by atoms with E-state index in [-0.39, 0.29) is 12.5 Å². The van der Waals surface area contributed by atoms with E-state index in [0.717, 1.165) is 0 Å². The Morgan fingerprint density at radius 2 is 1.25 bits per heavy atom. The zero-order valence-electron chi connectivity index (χ0n) is 14.1. The van der Waals surface area contributed by atoms with Gasteiger partial charge in [-0.3, -0.25) is 4.79 Å². The van der Waals surface area contributed by atoms with Crippen LogP contribution in [0.25, 0.3) is 0 Å². The molecule has 0 spiro atoms. The fraction of sp³-hybridized carbons (Fsp3) is 0.867. The maximum Gasteiger partial charge on any atom is 0.220 e. The Morgan fingerprint density at radius 1 is 0.792 bits per heavy atom. The number of nitrogens with one attached hydrogen (secondary N) is 1. The predicted molar refractivity (Wildman–Crippen MR) is 91.6 cm³/mol. The Balaban J connectivity index is 3.02. The Morgan fingerprint density at radius 3 is 1.71 bits per heavy atom. The lowest BCUT2D eigenvalue weighted by Crippen LogP contribution is -2.27. The molecule has 0 radical (unpaired) electrons. The highest BCUT2D eigenvalue weighted by Crippen LogP contribution is 1.85. The third kappa shape index (κ3) is 19.3. The molecule has 0 unspecified atom stereocenters. The normalized spacial score (nSPS) is 10.7. The van der Waals surface area contributed by atoms with Crippen molar-refractivity contribution in [1.82, 2.24) is 5.32 Å². The number of amides is 1. The Labute approximate surface area is 148 Å². The van der Waals surface area contributed by atoms with E-state index in [2.05, 4.69) is 17.9 Å². The van der Waals surface area contributed by atoms with Gasteiger partial charge >= 0.3 is 0 Å². The van der Waals surface area contributed by atoms with Crippen molar-refractivity contribution in [3.05, 3.63) is 0 Å². The first-order valence-electron chi connectivity index (χ1n) is 8.01. The predicted octanol–water partition coefficient (Wildman–Crippen LogP) is -0.296. The van der Waals surface area contributed by atoms with E-state index >= 15 is 0 Å². The second-order valence-corrected chi connectivity index (χ2v) is 4.96. The quantitative estimate of drug-likeness (QED) is 0.184. The van der Waals surface area contributed by atoms with Crippen LogP contribution in [0.4, 0.5) is 0 Å². The smallest absolute Gasteiger partial charge is 0.220 e. The van der Waals surface area contributed by atoms with Gasteiger partial charge in [0.1, 0.15) is 12.9 Å². The minimum absolute atomic E-state index is 0.0144. The van der Waals surface area contributed by atoms with Crippen LogP contribution >= 0.6 is 12.6 Å². The maximum atomic E-state index is 11.1. The average Bonchev–Trinajstić information content (AvgIpc) is 2.58. The molecule has 0 aliphatic rings. The van der Waals surface area contributed by atoms with E-state index in [1.54, 1.807) is 0 Å². The highest BCUT2D eigenvalue weighted by Gasteiger charge is 1.97.